The molecule has 0 aliphatic carbocycles. The Morgan fingerprint density at radius 3 is 2.28 bits per heavy atom. The van der Waals surface area contributed by atoms with Crippen molar-refractivity contribution in [2.75, 3.05) is 33.3 Å². The number of amides is 1. The third-order valence-electron chi connectivity index (χ3n) is 4.31. The number of rotatable bonds is 7. The lowest BCUT2D eigenvalue weighted by molar-refractivity contribution is 0.0531. The SMILES string of the molecule is CCOC(=O)c1sc2nc(NC(=S)NC(=O)c3cc(OC)c(OC)c(OC)c3)sc2c1C. The summed E-state index contributed by atoms with van der Waals surface area (Å²) in [5.41, 5.74) is 1.08. The molecule has 0 unspecified atom stereocenters. The van der Waals surface area contributed by atoms with Gasteiger partial charge >= 0.3 is 5.97 Å². The van der Waals surface area contributed by atoms with Gasteiger partial charge in [-0.3, -0.25) is 10.1 Å². The van der Waals surface area contributed by atoms with Crippen molar-refractivity contribution in [3.8, 4) is 17.2 Å². The fraction of sp³-hybridized carbons (Fsp3) is 0.300. The van der Waals surface area contributed by atoms with Crippen molar-refractivity contribution in [3.63, 3.8) is 0 Å². The second-order valence-electron chi connectivity index (χ2n) is 6.25. The number of nitrogens with zero attached hydrogens (tertiary/aromatic N) is 1. The highest BCUT2D eigenvalue weighted by molar-refractivity contribution is 7.80. The minimum Gasteiger partial charge on any atom is -0.493 e. The molecule has 0 saturated carbocycles. The average molecular weight is 496 g/mol. The summed E-state index contributed by atoms with van der Waals surface area (Å²) in [5.74, 6) is 0.268. The molecule has 9 nitrogen and oxygen atoms in total. The molecule has 0 radical (unpaired) electrons. The highest BCUT2D eigenvalue weighted by Crippen LogP contribution is 2.39. The molecule has 2 aromatic heterocycles. The van der Waals surface area contributed by atoms with Gasteiger partial charge in [0.05, 0.1) is 32.6 Å². The van der Waals surface area contributed by atoms with Crippen LogP contribution in [-0.2, 0) is 4.74 Å². The number of thiocarbonyl (C=S) groups is 1. The highest BCUT2D eigenvalue weighted by Gasteiger charge is 2.21. The number of fused-ring (bicyclic) bond motifs is 1. The van der Waals surface area contributed by atoms with Gasteiger partial charge in [0.2, 0.25) is 5.75 Å². The molecular weight excluding hydrogens is 474 g/mol. The molecule has 0 aliphatic rings. The molecule has 32 heavy (non-hydrogen) atoms. The summed E-state index contributed by atoms with van der Waals surface area (Å²) in [7, 11) is 4.42. The summed E-state index contributed by atoms with van der Waals surface area (Å²) >= 11 is 7.85. The molecular formula is C20H21N3O6S3. The first-order chi connectivity index (χ1) is 15.3. The van der Waals surface area contributed by atoms with Crippen LogP contribution in [0.25, 0.3) is 9.53 Å². The molecule has 0 fully saturated rings. The molecule has 0 atom stereocenters. The largest absolute Gasteiger partial charge is 0.493 e. The van der Waals surface area contributed by atoms with Crippen molar-refractivity contribution >= 4 is 66.5 Å². The van der Waals surface area contributed by atoms with E-state index in [1.165, 1.54) is 56.1 Å². The fourth-order valence-electron chi connectivity index (χ4n) is 2.85. The fourth-order valence-corrected chi connectivity index (χ4v) is 5.32. The van der Waals surface area contributed by atoms with Crippen LogP contribution in [0.15, 0.2) is 12.1 Å². The highest BCUT2D eigenvalue weighted by atomic mass is 32.1. The first kappa shape index (κ1) is 23.7. The number of aryl methyl sites for hydroxylation is 1. The standard InChI is InChI=1S/C20H21N3O6S3/c1-6-29-18(25)15-9(2)14-17(31-15)22-20(32-14)23-19(30)21-16(24)10-7-11(26-3)13(28-5)12(8-10)27-4/h7-8H,6H2,1-5H3,(H2,21,22,23,24,30). The van der Waals surface area contributed by atoms with E-state index in [-0.39, 0.29) is 16.6 Å². The Bertz CT molecular complexity index is 1160. The molecule has 3 aromatic rings. The first-order valence-electron chi connectivity index (χ1n) is 9.32. The third kappa shape index (κ3) is 4.76. The number of nitrogens with one attached hydrogen (secondary N) is 2. The van der Waals surface area contributed by atoms with Gasteiger partial charge in [-0.2, -0.15) is 0 Å². The quantitative estimate of drug-likeness (QED) is 0.371. The van der Waals surface area contributed by atoms with Gasteiger partial charge in [0.25, 0.3) is 5.91 Å². The molecule has 0 bridgehead atoms. The number of ether oxygens (including phenoxy) is 4. The summed E-state index contributed by atoms with van der Waals surface area (Å²) < 4.78 is 21.7. The van der Waals surface area contributed by atoms with Crippen molar-refractivity contribution in [1.82, 2.24) is 10.3 Å². The van der Waals surface area contributed by atoms with E-state index in [2.05, 4.69) is 15.6 Å². The lowest BCUT2D eigenvalue weighted by atomic mass is 10.1. The molecule has 1 amide bonds. The zero-order valence-corrected chi connectivity index (χ0v) is 20.4. The number of thiophene rings is 1. The number of methoxy groups -OCH3 is 3. The van der Waals surface area contributed by atoms with E-state index in [0.29, 0.717) is 38.7 Å². The summed E-state index contributed by atoms with van der Waals surface area (Å²) in [5, 5.41) is 6.09. The van der Waals surface area contributed by atoms with Crippen LogP contribution >= 0.6 is 34.9 Å². The number of hydrogen-bond acceptors (Lipinski definition) is 10. The van der Waals surface area contributed by atoms with Crippen molar-refractivity contribution in [2.24, 2.45) is 0 Å². The van der Waals surface area contributed by atoms with E-state index in [1.807, 2.05) is 6.92 Å². The number of benzene rings is 1. The van der Waals surface area contributed by atoms with E-state index >= 15 is 0 Å². The minimum atomic E-state index is -0.458. The van der Waals surface area contributed by atoms with Gasteiger partial charge in [0.1, 0.15) is 9.71 Å². The Balaban J connectivity index is 1.73. The number of esters is 1. The summed E-state index contributed by atoms with van der Waals surface area (Å²) in [4.78, 5) is 30.4. The Labute approximate surface area is 197 Å². The first-order valence-corrected chi connectivity index (χ1v) is 11.4. The van der Waals surface area contributed by atoms with Crippen LogP contribution in [0.5, 0.6) is 17.2 Å². The maximum Gasteiger partial charge on any atom is 0.348 e. The molecule has 0 spiro atoms. The van der Waals surface area contributed by atoms with Crippen molar-refractivity contribution in [2.45, 2.75) is 13.8 Å². The van der Waals surface area contributed by atoms with Crippen LogP contribution in [0.4, 0.5) is 5.13 Å². The number of anilines is 1. The molecule has 12 heteroatoms. The Kier molecular flexibility index (Phi) is 7.48. The smallest absolute Gasteiger partial charge is 0.348 e. The van der Waals surface area contributed by atoms with Gasteiger partial charge in [-0.1, -0.05) is 11.3 Å². The van der Waals surface area contributed by atoms with Crippen molar-refractivity contribution < 1.29 is 28.5 Å². The summed E-state index contributed by atoms with van der Waals surface area (Å²) in [6.07, 6.45) is 0. The normalized spacial score (nSPS) is 10.5. The summed E-state index contributed by atoms with van der Waals surface area (Å²) in [6.45, 7) is 3.92. The van der Waals surface area contributed by atoms with Gasteiger partial charge in [-0.25, -0.2) is 9.78 Å². The van der Waals surface area contributed by atoms with Gasteiger partial charge < -0.3 is 24.3 Å². The molecule has 2 heterocycles. The van der Waals surface area contributed by atoms with Crippen LogP contribution in [0, 0.1) is 6.92 Å². The van der Waals surface area contributed by atoms with Crippen LogP contribution in [-0.4, -0.2) is 49.9 Å². The van der Waals surface area contributed by atoms with Gasteiger partial charge in [0, 0.05) is 5.56 Å². The number of carbonyl (C=O) groups is 2. The second-order valence-corrected chi connectivity index (χ2v) is 8.66. The molecule has 0 aliphatic heterocycles. The zero-order chi connectivity index (χ0) is 23.4. The summed E-state index contributed by atoms with van der Waals surface area (Å²) in [6, 6.07) is 3.05. The number of aromatic nitrogens is 1. The third-order valence-corrected chi connectivity index (χ3v) is 6.90. The van der Waals surface area contributed by atoms with E-state index < -0.39 is 5.91 Å². The maximum atomic E-state index is 12.7. The zero-order valence-electron chi connectivity index (χ0n) is 18.0. The Morgan fingerprint density at radius 1 is 1.09 bits per heavy atom. The lowest BCUT2D eigenvalue weighted by Crippen LogP contribution is -2.34. The van der Waals surface area contributed by atoms with Crippen molar-refractivity contribution in [3.05, 3.63) is 28.1 Å². The number of hydrogen-bond donors (Lipinski definition) is 2. The predicted molar refractivity (Wildman–Crippen MR) is 128 cm³/mol. The lowest BCUT2D eigenvalue weighted by Gasteiger charge is -2.14. The van der Waals surface area contributed by atoms with E-state index in [1.54, 1.807) is 6.92 Å². The molecule has 1 aromatic carbocycles. The topological polar surface area (TPSA) is 108 Å². The Hall–Kier alpha value is -2.96. The monoisotopic (exact) mass is 495 g/mol. The van der Waals surface area contributed by atoms with Gasteiger partial charge in [-0.15, -0.1) is 11.3 Å². The molecule has 170 valence electrons. The van der Waals surface area contributed by atoms with Crippen LogP contribution in [0.3, 0.4) is 0 Å². The van der Waals surface area contributed by atoms with E-state index in [0.717, 1.165) is 10.3 Å². The van der Waals surface area contributed by atoms with Crippen LogP contribution in [0.1, 0.15) is 32.5 Å². The van der Waals surface area contributed by atoms with E-state index in [4.69, 9.17) is 31.2 Å². The Morgan fingerprint density at radius 2 is 1.75 bits per heavy atom. The van der Waals surface area contributed by atoms with Crippen LogP contribution < -0.4 is 24.8 Å². The predicted octanol–water partition coefficient (Wildman–Crippen LogP) is 4.00. The average Bonchev–Trinajstić information content (AvgIpc) is 3.30. The number of carbonyl (C=O) groups excluding carboxylic acids is 2. The maximum absolute atomic E-state index is 12.7. The van der Waals surface area contributed by atoms with Crippen LogP contribution in [0.2, 0.25) is 0 Å². The van der Waals surface area contributed by atoms with Crippen molar-refractivity contribution in [1.29, 1.82) is 0 Å². The number of thiazole rings is 1. The minimum absolute atomic E-state index is 0.0772. The van der Waals surface area contributed by atoms with Gasteiger partial charge in [-0.05, 0) is 43.8 Å². The molecule has 0 saturated heterocycles. The van der Waals surface area contributed by atoms with E-state index in [9.17, 15) is 9.59 Å². The molecule has 3 rings (SSSR count). The molecule has 2 N–H and O–H groups in total. The second kappa shape index (κ2) is 10.1. The van der Waals surface area contributed by atoms with Gasteiger partial charge in [0.15, 0.2) is 21.7 Å².